The van der Waals surface area contributed by atoms with Crippen LogP contribution in [0.2, 0.25) is 5.15 Å². The molecule has 2 aromatic rings. The predicted octanol–water partition coefficient (Wildman–Crippen LogP) is 5.09. The molecular formula is C19H24ClN3O3. The van der Waals surface area contributed by atoms with E-state index in [-0.39, 0.29) is 12.3 Å². The molecule has 1 atom stereocenters. The first-order chi connectivity index (χ1) is 12.6. The number of rotatable bonds is 8. The van der Waals surface area contributed by atoms with E-state index in [0.717, 1.165) is 25.2 Å². The second-order valence-electron chi connectivity index (χ2n) is 7.06. The molecule has 2 heterocycles. The van der Waals surface area contributed by atoms with E-state index in [1.54, 1.807) is 18.3 Å². The van der Waals surface area contributed by atoms with Gasteiger partial charge in [0.05, 0.1) is 6.42 Å². The highest BCUT2D eigenvalue weighted by Gasteiger charge is 2.23. The standard InChI is InChI=1S/C19H24ClN3O3/c20-16-10-9-15(12-21-16)18-22-19(26-23-18)14(11-17(24)25)8-4-7-13-5-2-1-3-6-13/h9-10,12-14H,1-8,11H2,(H,24,25)/t14-/m1/s1. The predicted molar refractivity (Wildman–Crippen MR) is 98.0 cm³/mol. The summed E-state index contributed by atoms with van der Waals surface area (Å²) in [6.07, 6.45) is 11.1. The number of hydrogen-bond acceptors (Lipinski definition) is 5. The SMILES string of the molecule is O=C(O)C[C@@H](CCCC1CCCCC1)c1nc(-c2ccc(Cl)nc2)no1. The fraction of sp³-hybridized carbons (Fsp3) is 0.579. The topological polar surface area (TPSA) is 89.1 Å². The van der Waals surface area contributed by atoms with Gasteiger partial charge in [-0.15, -0.1) is 0 Å². The van der Waals surface area contributed by atoms with Crippen LogP contribution in [0.1, 0.15) is 69.6 Å². The minimum absolute atomic E-state index is 0.00513. The monoisotopic (exact) mass is 377 g/mol. The number of aromatic nitrogens is 3. The van der Waals surface area contributed by atoms with E-state index < -0.39 is 5.97 Å². The third-order valence-electron chi connectivity index (χ3n) is 5.09. The van der Waals surface area contributed by atoms with Crippen molar-refractivity contribution in [1.29, 1.82) is 0 Å². The number of nitrogens with zero attached hydrogens (tertiary/aromatic N) is 3. The van der Waals surface area contributed by atoms with Crippen LogP contribution in [-0.2, 0) is 4.79 Å². The van der Waals surface area contributed by atoms with Gasteiger partial charge in [-0.25, -0.2) is 4.98 Å². The quantitative estimate of drug-likeness (QED) is 0.644. The molecule has 7 heteroatoms. The van der Waals surface area contributed by atoms with Gasteiger partial charge in [0.2, 0.25) is 11.7 Å². The molecule has 0 unspecified atom stereocenters. The molecule has 1 aliphatic rings. The lowest BCUT2D eigenvalue weighted by atomic mass is 9.84. The first-order valence-corrected chi connectivity index (χ1v) is 9.67. The Hall–Kier alpha value is -1.95. The molecule has 1 N–H and O–H groups in total. The summed E-state index contributed by atoms with van der Waals surface area (Å²) < 4.78 is 5.37. The van der Waals surface area contributed by atoms with Crippen molar-refractivity contribution < 1.29 is 14.4 Å². The van der Waals surface area contributed by atoms with Crippen molar-refractivity contribution in [3.8, 4) is 11.4 Å². The van der Waals surface area contributed by atoms with Gasteiger partial charge in [-0.2, -0.15) is 4.98 Å². The van der Waals surface area contributed by atoms with Gasteiger partial charge < -0.3 is 9.63 Å². The van der Waals surface area contributed by atoms with Gasteiger partial charge in [0.1, 0.15) is 5.15 Å². The Bertz CT molecular complexity index is 711. The van der Waals surface area contributed by atoms with E-state index in [4.69, 9.17) is 16.1 Å². The van der Waals surface area contributed by atoms with Gasteiger partial charge in [0.25, 0.3) is 0 Å². The van der Waals surface area contributed by atoms with Gasteiger partial charge in [-0.1, -0.05) is 61.7 Å². The summed E-state index contributed by atoms with van der Waals surface area (Å²) in [4.78, 5) is 19.7. The molecule has 3 rings (SSSR count). The molecule has 0 bridgehead atoms. The minimum Gasteiger partial charge on any atom is -0.481 e. The second kappa shape index (κ2) is 9.12. The summed E-state index contributed by atoms with van der Waals surface area (Å²) in [5.41, 5.74) is 0.695. The lowest BCUT2D eigenvalue weighted by Crippen LogP contribution is -2.09. The number of carboxylic acid groups (broad SMARTS) is 1. The van der Waals surface area contributed by atoms with Crippen LogP contribution in [0.3, 0.4) is 0 Å². The number of aliphatic carboxylic acids is 1. The summed E-state index contributed by atoms with van der Waals surface area (Å²) in [5, 5.41) is 13.6. The maximum atomic E-state index is 11.2. The van der Waals surface area contributed by atoms with E-state index in [2.05, 4.69) is 15.1 Å². The first kappa shape index (κ1) is 18.8. The van der Waals surface area contributed by atoms with Gasteiger partial charge in [-0.3, -0.25) is 4.79 Å². The number of hydrogen-bond donors (Lipinski definition) is 1. The van der Waals surface area contributed by atoms with E-state index in [9.17, 15) is 9.90 Å². The first-order valence-electron chi connectivity index (χ1n) is 9.29. The fourth-order valence-corrected chi connectivity index (χ4v) is 3.79. The van der Waals surface area contributed by atoms with Crippen LogP contribution in [0.15, 0.2) is 22.9 Å². The van der Waals surface area contributed by atoms with Crippen molar-refractivity contribution >= 4 is 17.6 Å². The molecular weight excluding hydrogens is 354 g/mol. The third kappa shape index (κ3) is 5.27. The van der Waals surface area contributed by atoms with Crippen LogP contribution < -0.4 is 0 Å². The molecule has 140 valence electrons. The zero-order chi connectivity index (χ0) is 18.4. The normalized spacial score (nSPS) is 16.5. The van der Waals surface area contributed by atoms with Crippen molar-refractivity contribution in [2.75, 3.05) is 0 Å². The van der Waals surface area contributed by atoms with Crippen LogP contribution in [0.5, 0.6) is 0 Å². The smallest absolute Gasteiger partial charge is 0.304 e. The van der Waals surface area contributed by atoms with Crippen molar-refractivity contribution in [1.82, 2.24) is 15.1 Å². The Labute approximate surface area is 158 Å². The lowest BCUT2D eigenvalue weighted by Gasteiger charge is -2.21. The zero-order valence-electron chi connectivity index (χ0n) is 14.7. The Morgan fingerprint density at radius 3 is 2.81 bits per heavy atom. The van der Waals surface area contributed by atoms with Crippen LogP contribution >= 0.6 is 11.6 Å². The number of carbonyl (C=O) groups is 1. The third-order valence-corrected chi connectivity index (χ3v) is 5.31. The van der Waals surface area contributed by atoms with Crippen molar-refractivity contribution in [3.63, 3.8) is 0 Å². The molecule has 1 saturated carbocycles. The number of carboxylic acids is 1. The van der Waals surface area contributed by atoms with Gasteiger partial charge in [-0.05, 0) is 24.5 Å². The maximum Gasteiger partial charge on any atom is 0.304 e. The highest BCUT2D eigenvalue weighted by Crippen LogP contribution is 2.31. The molecule has 26 heavy (non-hydrogen) atoms. The summed E-state index contributed by atoms with van der Waals surface area (Å²) in [7, 11) is 0. The molecule has 0 amide bonds. The van der Waals surface area contributed by atoms with Crippen LogP contribution in [0.25, 0.3) is 11.4 Å². The average Bonchev–Trinajstić information content (AvgIpc) is 3.12. The Morgan fingerprint density at radius 1 is 1.31 bits per heavy atom. The van der Waals surface area contributed by atoms with E-state index >= 15 is 0 Å². The number of halogens is 1. The fourth-order valence-electron chi connectivity index (χ4n) is 3.68. The van der Waals surface area contributed by atoms with Crippen LogP contribution in [0.4, 0.5) is 0 Å². The second-order valence-corrected chi connectivity index (χ2v) is 7.44. The lowest BCUT2D eigenvalue weighted by molar-refractivity contribution is -0.137. The summed E-state index contributed by atoms with van der Waals surface area (Å²) in [5.74, 6) is 0.485. The van der Waals surface area contributed by atoms with E-state index in [1.807, 2.05) is 0 Å². The minimum atomic E-state index is -0.847. The van der Waals surface area contributed by atoms with E-state index in [1.165, 1.54) is 32.1 Å². The van der Waals surface area contributed by atoms with Gasteiger partial charge in [0, 0.05) is 17.7 Å². The van der Waals surface area contributed by atoms with Gasteiger partial charge in [0.15, 0.2) is 0 Å². The zero-order valence-corrected chi connectivity index (χ0v) is 15.5. The van der Waals surface area contributed by atoms with Crippen molar-refractivity contribution in [3.05, 3.63) is 29.4 Å². The Kier molecular flexibility index (Phi) is 6.61. The Balaban J connectivity index is 1.63. The Morgan fingerprint density at radius 2 is 2.12 bits per heavy atom. The van der Waals surface area contributed by atoms with E-state index in [0.29, 0.717) is 22.4 Å². The highest BCUT2D eigenvalue weighted by molar-refractivity contribution is 6.29. The summed E-state index contributed by atoms with van der Waals surface area (Å²) in [6, 6.07) is 3.42. The van der Waals surface area contributed by atoms with Crippen molar-refractivity contribution in [2.24, 2.45) is 5.92 Å². The largest absolute Gasteiger partial charge is 0.481 e. The molecule has 6 nitrogen and oxygen atoms in total. The molecule has 1 fully saturated rings. The number of pyridine rings is 1. The van der Waals surface area contributed by atoms with Crippen molar-refractivity contribution in [2.45, 2.75) is 63.7 Å². The van der Waals surface area contributed by atoms with Gasteiger partial charge >= 0.3 is 5.97 Å². The molecule has 2 aromatic heterocycles. The highest BCUT2D eigenvalue weighted by atomic mass is 35.5. The molecule has 0 aromatic carbocycles. The average molecular weight is 378 g/mol. The summed E-state index contributed by atoms with van der Waals surface area (Å²) >= 11 is 5.79. The maximum absolute atomic E-state index is 11.2. The summed E-state index contributed by atoms with van der Waals surface area (Å²) in [6.45, 7) is 0. The van der Waals surface area contributed by atoms with Crippen LogP contribution in [-0.4, -0.2) is 26.2 Å². The molecule has 0 spiro atoms. The molecule has 1 aliphatic carbocycles. The molecule has 0 saturated heterocycles. The molecule has 0 radical (unpaired) electrons. The van der Waals surface area contributed by atoms with Crippen LogP contribution in [0, 0.1) is 5.92 Å². The molecule has 0 aliphatic heterocycles.